The molecule has 3 aromatic rings. The zero-order valence-corrected chi connectivity index (χ0v) is 18.0. The predicted molar refractivity (Wildman–Crippen MR) is 118 cm³/mol. The maximum absolute atomic E-state index is 14.7. The van der Waals surface area contributed by atoms with Gasteiger partial charge in [-0.2, -0.15) is 5.10 Å². The molecule has 9 heteroatoms. The summed E-state index contributed by atoms with van der Waals surface area (Å²) in [5, 5.41) is 15.8. The van der Waals surface area contributed by atoms with Crippen molar-refractivity contribution in [3.05, 3.63) is 83.9 Å². The molecule has 2 atom stereocenters. The number of thiocarbonyl (C=S) groups is 1. The molecular weight excluding hydrogens is 426 g/mol. The van der Waals surface area contributed by atoms with Crippen LogP contribution in [0, 0.1) is 11.6 Å². The Labute approximate surface area is 184 Å². The summed E-state index contributed by atoms with van der Waals surface area (Å²) in [5.74, 6) is -1.57. The van der Waals surface area contributed by atoms with Crippen LogP contribution in [0.2, 0.25) is 0 Å². The molecular formula is C21H22F2N4OS2. The van der Waals surface area contributed by atoms with Crippen LogP contribution < -0.4 is 0 Å². The van der Waals surface area contributed by atoms with Gasteiger partial charge in [-0.3, -0.25) is 0 Å². The molecule has 0 radical (unpaired) electrons. The van der Waals surface area contributed by atoms with E-state index in [1.54, 1.807) is 11.8 Å². The van der Waals surface area contributed by atoms with Gasteiger partial charge in [-0.05, 0) is 25.0 Å². The largest absolute Gasteiger partial charge is 0.381 e. The Morgan fingerprint density at radius 3 is 2.60 bits per heavy atom. The van der Waals surface area contributed by atoms with E-state index in [0.717, 1.165) is 17.7 Å². The number of nitrogens with zero attached hydrogens (tertiary/aromatic N) is 4. The van der Waals surface area contributed by atoms with Gasteiger partial charge in [0.25, 0.3) is 0 Å². The van der Waals surface area contributed by atoms with E-state index in [1.807, 2.05) is 30.3 Å². The van der Waals surface area contributed by atoms with Crippen LogP contribution in [0.25, 0.3) is 0 Å². The molecule has 1 N–H and O–H groups in total. The molecule has 5 nitrogen and oxygen atoms in total. The zero-order valence-electron chi connectivity index (χ0n) is 16.3. The lowest BCUT2D eigenvalue weighted by atomic mass is 9.85. The number of benzene rings is 2. The number of aromatic nitrogens is 3. The van der Waals surface area contributed by atoms with Crippen molar-refractivity contribution in [2.24, 2.45) is 0 Å². The second-order valence-corrected chi connectivity index (χ2v) is 8.14. The molecule has 0 amide bonds. The number of aliphatic hydroxyl groups is 1. The van der Waals surface area contributed by atoms with Crippen molar-refractivity contribution in [2.45, 2.75) is 31.5 Å². The first kappa shape index (κ1) is 22.3. The zero-order chi connectivity index (χ0) is 21.7. The Morgan fingerprint density at radius 2 is 2.00 bits per heavy atom. The van der Waals surface area contributed by atoms with E-state index in [-0.39, 0.29) is 16.4 Å². The van der Waals surface area contributed by atoms with Gasteiger partial charge in [0, 0.05) is 18.2 Å². The second kappa shape index (κ2) is 9.63. The average molecular weight is 449 g/mol. The molecule has 0 fully saturated rings. The van der Waals surface area contributed by atoms with Gasteiger partial charge in [0.05, 0.1) is 12.6 Å². The fraction of sp³-hybridized carbons (Fsp3) is 0.286. The summed E-state index contributed by atoms with van der Waals surface area (Å²) in [6, 6.07) is 12.2. The first-order valence-corrected chi connectivity index (χ1v) is 10.2. The van der Waals surface area contributed by atoms with Crippen LogP contribution in [0.5, 0.6) is 0 Å². The molecule has 0 unspecified atom stereocenters. The molecule has 0 aliphatic carbocycles. The summed E-state index contributed by atoms with van der Waals surface area (Å²) in [5.41, 5.74) is -0.747. The van der Waals surface area contributed by atoms with Gasteiger partial charge >= 0.3 is 0 Å². The van der Waals surface area contributed by atoms with Gasteiger partial charge in [-0.1, -0.05) is 48.6 Å². The van der Waals surface area contributed by atoms with Crippen molar-refractivity contribution >= 4 is 29.2 Å². The first-order chi connectivity index (χ1) is 14.3. The summed E-state index contributed by atoms with van der Waals surface area (Å²) in [7, 11) is 0. The Morgan fingerprint density at radius 1 is 1.27 bits per heavy atom. The molecule has 0 bridgehead atoms. The smallest absolute Gasteiger partial charge is 0.137 e. The van der Waals surface area contributed by atoms with Crippen LogP contribution in [0.4, 0.5) is 8.78 Å². The summed E-state index contributed by atoms with van der Waals surface area (Å²) in [4.78, 5) is 5.61. The third kappa shape index (κ3) is 5.03. The normalized spacial score (nSPS) is 14.2. The van der Waals surface area contributed by atoms with Crippen molar-refractivity contribution in [2.75, 3.05) is 6.54 Å². The molecule has 1 heterocycles. The quantitative estimate of drug-likeness (QED) is 0.408. The molecule has 0 aliphatic rings. The van der Waals surface area contributed by atoms with E-state index in [9.17, 15) is 13.9 Å². The Hall–Kier alpha value is -2.36. The van der Waals surface area contributed by atoms with Crippen molar-refractivity contribution in [1.82, 2.24) is 19.7 Å². The second-order valence-electron chi connectivity index (χ2n) is 7.03. The number of hydrogen-bond donors (Lipinski definition) is 2. The highest BCUT2D eigenvalue weighted by Gasteiger charge is 2.42. The Bertz CT molecular complexity index is 988. The monoisotopic (exact) mass is 448 g/mol. The van der Waals surface area contributed by atoms with E-state index in [0.29, 0.717) is 13.0 Å². The fourth-order valence-electron chi connectivity index (χ4n) is 3.45. The minimum Gasteiger partial charge on any atom is -0.381 e. The van der Waals surface area contributed by atoms with Gasteiger partial charge in [0.2, 0.25) is 0 Å². The standard InChI is InChI=1S/C21H22F2N4OS2/c1-15(27(20(29)30)10-9-16-5-3-2-4-6-16)21(28,12-26-14-24-13-25-26)18-8-7-17(22)11-19(18)23/h2-8,11,13-15,28H,9-10,12H2,1H3,(H,29,30)/t15-,21-/m1/s1. The summed E-state index contributed by atoms with van der Waals surface area (Å²) in [6.07, 6.45) is 3.39. The molecule has 2 aromatic carbocycles. The van der Waals surface area contributed by atoms with E-state index >= 15 is 0 Å². The number of hydrogen-bond acceptors (Lipinski definition) is 4. The van der Waals surface area contributed by atoms with Crippen LogP contribution in [0.15, 0.2) is 61.2 Å². The van der Waals surface area contributed by atoms with E-state index in [4.69, 9.17) is 12.2 Å². The SMILES string of the molecule is C[C@@H](N(CCc1ccccc1)C(=S)S)[C@](O)(Cn1cncn1)c1ccc(F)cc1F. The number of rotatable bonds is 8. The third-order valence-electron chi connectivity index (χ3n) is 5.16. The van der Waals surface area contributed by atoms with Crippen molar-refractivity contribution in [3.8, 4) is 0 Å². The lowest BCUT2D eigenvalue weighted by Gasteiger charge is -2.42. The minimum absolute atomic E-state index is 0.0544. The first-order valence-electron chi connectivity index (χ1n) is 9.35. The van der Waals surface area contributed by atoms with Crippen LogP contribution in [0.3, 0.4) is 0 Å². The highest BCUT2D eigenvalue weighted by atomic mass is 32.1. The van der Waals surface area contributed by atoms with Gasteiger partial charge < -0.3 is 10.0 Å². The van der Waals surface area contributed by atoms with Crippen molar-refractivity contribution in [1.29, 1.82) is 0 Å². The minimum atomic E-state index is -1.78. The average Bonchev–Trinajstić information content (AvgIpc) is 3.21. The van der Waals surface area contributed by atoms with Crippen molar-refractivity contribution in [3.63, 3.8) is 0 Å². The maximum atomic E-state index is 14.7. The molecule has 0 aliphatic heterocycles. The van der Waals surface area contributed by atoms with E-state index in [1.165, 1.54) is 23.4 Å². The molecule has 0 saturated carbocycles. The molecule has 0 saturated heterocycles. The summed E-state index contributed by atoms with van der Waals surface area (Å²) >= 11 is 9.66. The molecule has 1 aromatic heterocycles. The van der Waals surface area contributed by atoms with Crippen LogP contribution in [0.1, 0.15) is 18.1 Å². The third-order valence-corrected chi connectivity index (χ3v) is 5.65. The highest BCUT2D eigenvalue weighted by Crippen LogP contribution is 2.33. The molecule has 30 heavy (non-hydrogen) atoms. The van der Waals surface area contributed by atoms with Gasteiger partial charge in [0.15, 0.2) is 0 Å². The van der Waals surface area contributed by atoms with Crippen LogP contribution in [-0.2, 0) is 18.6 Å². The summed E-state index contributed by atoms with van der Waals surface area (Å²) in [6.45, 7) is 2.08. The van der Waals surface area contributed by atoms with E-state index < -0.39 is 23.3 Å². The highest BCUT2D eigenvalue weighted by molar-refractivity contribution is 8.10. The molecule has 3 rings (SSSR count). The molecule has 158 valence electrons. The lowest BCUT2D eigenvalue weighted by molar-refractivity contribution is -0.0445. The van der Waals surface area contributed by atoms with Crippen LogP contribution in [-0.4, -0.2) is 41.7 Å². The van der Waals surface area contributed by atoms with Gasteiger partial charge in [-0.25, -0.2) is 18.4 Å². The predicted octanol–water partition coefficient (Wildman–Crippen LogP) is 3.59. The lowest BCUT2D eigenvalue weighted by Crippen LogP contribution is -2.53. The number of halogens is 2. The van der Waals surface area contributed by atoms with Crippen LogP contribution >= 0.6 is 24.8 Å². The van der Waals surface area contributed by atoms with E-state index in [2.05, 4.69) is 22.7 Å². The van der Waals surface area contributed by atoms with Crippen molar-refractivity contribution < 1.29 is 13.9 Å². The maximum Gasteiger partial charge on any atom is 0.137 e. The Kier molecular flexibility index (Phi) is 7.17. The Balaban J connectivity index is 1.96. The van der Waals surface area contributed by atoms with Gasteiger partial charge in [-0.15, -0.1) is 12.6 Å². The summed E-state index contributed by atoms with van der Waals surface area (Å²) < 4.78 is 29.9. The fourth-order valence-corrected chi connectivity index (χ4v) is 3.97. The van der Waals surface area contributed by atoms with Gasteiger partial charge in [0.1, 0.15) is 34.2 Å². The molecule has 0 spiro atoms. The topological polar surface area (TPSA) is 54.2 Å². The number of thiol groups is 1.